The summed E-state index contributed by atoms with van der Waals surface area (Å²) in [6, 6.07) is 5.70. The van der Waals surface area contributed by atoms with E-state index >= 15 is 0 Å². The van der Waals surface area contributed by atoms with Gasteiger partial charge in [-0.15, -0.1) is 0 Å². The van der Waals surface area contributed by atoms with Crippen molar-refractivity contribution in [3.63, 3.8) is 0 Å². The van der Waals surface area contributed by atoms with Gasteiger partial charge >= 0.3 is 0 Å². The molecule has 6 nitrogen and oxygen atoms in total. The molecule has 6 heteroatoms. The lowest BCUT2D eigenvalue weighted by Gasteiger charge is -2.03. The highest BCUT2D eigenvalue weighted by Crippen LogP contribution is 2.13. The van der Waals surface area contributed by atoms with Gasteiger partial charge < -0.3 is 32.3 Å². The molecule has 0 radical (unpaired) electrons. The molecule has 1 aromatic rings. The van der Waals surface area contributed by atoms with Crippen molar-refractivity contribution in [2.24, 2.45) is 11.5 Å². The molecule has 0 saturated heterocycles. The van der Waals surface area contributed by atoms with Gasteiger partial charge in [0, 0.05) is 39.3 Å². The topological polar surface area (TPSA) is 117 Å². The fourth-order valence-electron chi connectivity index (χ4n) is 1.08. The van der Waals surface area contributed by atoms with E-state index in [0.717, 1.165) is 26.2 Å². The summed E-state index contributed by atoms with van der Waals surface area (Å²) in [5.74, 6) is 0.339. The number of phenols is 2. The minimum atomic E-state index is 0.169. The van der Waals surface area contributed by atoms with E-state index < -0.39 is 0 Å². The zero-order valence-corrected chi connectivity index (χ0v) is 10.6. The summed E-state index contributed by atoms with van der Waals surface area (Å²) < 4.78 is 0. The fraction of sp³-hybridized carbons (Fsp3) is 0.500. The SMILES string of the molecule is NCCNCCNCCN.Oc1ccc(O)cc1. The summed E-state index contributed by atoms with van der Waals surface area (Å²) >= 11 is 0. The Labute approximate surface area is 108 Å². The predicted molar refractivity (Wildman–Crippen MR) is 73.6 cm³/mol. The van der Waals surface area contributed by atoms with Gasteiger partial charge in [0.25, 0.3) is 0 Å². The molecule has 8 N–H and O–H groups in total. The third-order valence-corrected chi connectivity index (χ3v) is 1.97. The van der Waals surface area contributed by atoms with Crippen molar-refractivity contribution in [1.82, 2.24) is 10.6 Å². The monoisotopic (exact) mass is 256 g/mol. The maximum absolute atomic E-state index is 8.65. The average molecular weight is 256 g/mol. The molecule has 0 fully saturated rings. The molecule has 0 amide bonds. The Bertz CT molecular complexity index is 251. The number of rotatable bonds is 7. The van der Waals surface area contributed by atoms with Gasteiger partial charge in [0.05, 0.1) is 0 Å². The first-order valence-electron chi connectivity index (χ1n) is 6.00. The van der Waals surface area contributed by atoms with E-state index in [-0.39, 0.29) is 11.5 Å². The largest absolute Gasteiger partial charge is 0.508 e. The molecule has 0 unspecified atom stereocenters. The molecule has 0 saturated carbocycles. The van der Waals surface area contributed by atoms with Crippen molar-refractivity contribution in [2.75, 3.05) is 39.3 Å². The van der Waals surface area contributed by atoms with Gasteiger partial charge in [0.1, 0.15) is 11.5 Å². The minimum Gasteiger partial charge on any atom is -0.508 e. The van der Waals surface area contributed by atoms with Crippen LogP contribution in [0.1, 0.15) is 0 Å². The van der Waals surface area contributed by atoms with Gasteiger partial charge in [-0.05, 0) is 24.3 Å². The van der Waals surface area contributed by atoms with Crippen LogP contribution in [-0.2, 0) is 0 Å². The van der Waals surface area contributed by atoms with Crippen LogP contribution in [-0.4, -0.2) is 49.5 Å². The molecule has 0 spiro atoms. The molecule has 1 aromatic carbocycles. The van der Waals surface area contributed by atoms with Crippen LogP contribution < -0.4 is 22.1 Å². The summed E-state index contributed by atoms with van der Waals surface area (Å²) in [5, 5.41) is 23.6. The van der Waals surface area contributed by atoms with Gasteiger partial charge in [0.2, 0.25) is 0 Å². The molecule has 0 aliphatic rings. The van der Waals surface area contributed by atoms with Gasteiger partial charge in [-0.25, -0.2) is 0 Å². The molecule has 0 heterocycles. The van der Waals surface area contributed by atoms with Crippen LogP contribution in [0.3, 0.4) is 0 Å². The lowest BCUT2D eigenvalue weighted by Crippen LogP contribution is -2.32. The standard InChI is InChI=1S/C6H18N4.C6H6O2/c7-1-3-9-5-6-10-4-2-8;7-5-1-2-6(8)4-3-5/h9-10H,1-8H2;1-4,7-8H. The molecular formula is C12H24N4O2. The highest BCUT2D eigenvalue weighted by Gasteiger charge is 1.84. The zero-order chi connectivity index (χ0) is 13.6. The molecule has 0 atom stereocenters. The van der Waals surface area contributed by atoms with E-state index in [0.29, 0.717) is 13.1 Å². The van der Waals surface area contributed by atoms with Gasteiger partial charge in [-0.1, -0.05) is 0 Å². The second kappa shape index (κ2) is 12.1. The summed E-state index contributed by atoms with van der Waals surface area (Å²) in [5.41, 5.74) is 10.5. The summed E-state index contributed by atoms with van der Waals surface area (Å²) in [7, 11) is 0. The Morgan fingerprint density at radius 1 is 0.722 bits per heavy atom. The summed E-state index contributed by atoms with van der Waals surface area (Å²) in [6.07, 6.45) is 0. The van der Waals surface area contributed by atoms with Crippen LogP contribution in [0.4, 0.5) is 0 Å². The van der Waals surface area contributed by atoms with Gasteiger partial charge in [0.15, 0.2) is 0 Å². The van der Waals surface area contributed by atoms with Gasteiger partial charge in [-0.2, -0.15) is 0 Å². The van der Waals surface area contributed by atoms with Crippen LogP contribution in [0, 0.1) is 0 Å². The van der Waals surface area contributed by atoms with E-state index in [2.05, 4.69) is 10.6 Å². The lowest BCUT2D eigenvalue weighted by molar-refractivity contribution is 0.460. The van der Waals surface area contributed by atoms with Crippen molar-refractivity contribution in [3.05, 3.63) is 24.3 Å². The second-order valence-electron chi connectivity index (χ2n) is 3.59. The first-order chi connectivity index (χ1) is 8.70. The maximum atomic E-state index is 8.65. The summed E-state index contributed by atoms with van der Waals surface area (Å²) in [4.78, 5) is 0. The Balaban J connectivity index is 0.000000327. The number of nitrogens with one attached hydrogen (secondary N) is 2. The van der Waals surface area contributed by atoms with E-state index in [9.17, 15) is 0 Å². The van der Waals surface area contributed by atoms with Crippen molar-refractivity contribution in [3.8, 4) is 11.5 Å². The third kappa shape index (κ3) is 11.2. The van der Waals surface area contributed by atoms with Crippen LogP contribution in [0.25, 0.3) is 0 Å². The third-order valence-electron chi connectivity index (χ3n) is 1.97. The van der Waals surface area contributed by atoms with Crippen molar-refractivity contribution in [2.45, 2.75) is 0 Å². The quantitative estimate of drug-likeness (QED) is 0.280. The zero-order valence-electron chi connectivity index (χ0n) is 10.6. The molecule has 0 bridgehead atoms. The van der Waals surface area contributed by atoms with Crippen LogP contribution in [0.2, 0.25) is 0 Å². The highest BCUT2D eigenvalue weighted by atomic mass is 16.3. The lowest BCUT2D eigenvalue weighted by atomic mass is 10.3. The minimum absolute atomic E-state index is 0.169. The first kappa shape index (κ1) is 16.7. The normalized spacial score (nSPS) is 9.67. The van der Waals surface area contributed by atoms with Gasteiger partial charge in [-0.3, -0.25) is 0 Å². The first-order valence-corrected chi connectivity index (χ1v) is 6.00. The second-order valence-corrected chi connectivity index (χ2v) is 3.59. The fourth-order valence-corrected chi connectivity index (χ4v) is 1.08. The Hall–Kier alpha value is -1.34. The molecule has 18 heavy (non-hydrogen) atoms. The summed E-state index contributed by atoms with van der Waals surface area (Å²) in [6.45, 7) is 5.14. The molecule has 0 aromatic heterocycles. The van der Waals surface area contributed by atoms with Crippen molar-refractivity contribution in [1.29, 1.82) is 0 Å². The Morgan fingerprint density at radius 2 is 1.06 bits per heavy atom. The van der Waals surface area contributed by atoms with Crippen LogP contribution >= 0.6 is 0 Å². The average Bonchev–Trinajstić information content (AvgIpc) is 2.38. The Kier molecular flexibility index (Phi) is 11.2. The highest BCUT2D eigenvalue weighted by molar-refractivity contribution is 5.28. The number of hydrogen-bond acceptors (Lipinski definition) is 6. The van der Waals surface area contributed by atoms with Crippen LogP contribution in [0.5, 0.6) is 11.5 Å². The maximum Gasteiger partial charge on any atom is 0.115 e. The number of aromatic hydroxyl groups is 2. The van der Waals surface area contributed by atoms with Crippen molar-refractivity contribution >= 4 is 0 Å². The molecule has 104 valence electrons. The van der Waals surface area contributed by atoms with E-state index in [1.54, 1.807) is 0 Å². The Morgan fingerprint density at radius 3 is 1.33 bits per heavy atom. The number of phenolic OH excluding ortho intramolecular Hbond substituents is 2. The van der Waals surface area contributed by atoms with E-state index in [1.165, 1.54) is 24.3 Å². The molecular weight excluding hydrogens is 232 g/mol. The van der Waals surface area contributed by atoms with E-state index in [4.69, 9.17) is 21.7 Å². The number of hydrogen-bond donors (Lipinski definition) is 6. The number of benzene rings is 1. The molecule has 0 aliphatic heterocycles. The number of nitrogens with two attached hydrogens (primary N) is 2. The molecule has 1 rings (SSSR count). The predicted octanol–water partition coefficient (Wildman–Crippen LogP) is -0.819. The molecule has 0 aliphatic carbocycles. The smallest absolute Gasteiger partial charge is 0.115 e. The van der Waals surface area contributed by atoms with Crippen molar-refractivity contribution < 1.29 is 10.2 Å². The van der Waals surface area contributed by atoms with Crippen LogP contribution in [0.15, 0.2) is 24.3 Å². The van der Waals surface area contributed by atoms with E-state index in [1.807, 2.05) is 0 Å².